The third kappa shape index (κ3) is 7.89. The summed E-state index contributed by atoms with van der Waals surface area (Å²) in [4.78, 5) is 24.9. The minimum Gasteiger partial charge on any atom is -0.493 e. The Bertz CT molecular complexity index is 846. The number of primary amides is 1. The van der Waals surface area contributed by atoms with Crippen LogP contribution in [-0.2, 0) is 9.59 Å². The van der Waals surface area contributed by atoms with Crippen molar-refractivity contribution in [3.05, 3.63) is 11.6 Å². The van der Waals surface area contributed by atoms with Crippen LogP contribution in [0.4, 0.5) is 0 Å². The van der Waals surface area contributed by atoms with Crippen molar-refractivity contribution >= 4 is 11.8 Å². The first-order valence-electron chi connectivity index (χ1n) is 13.4. The monoisotopic (exact) mass is 492 g/mol. The molecule has 0 bridgehead atoms. The van der Waals surface area contributed by atoms with Crippen LogP contribution >= 0.6 is 0 Å². The van der Waals surface area contributed by atoms with E-state index in [4.69, 9.17) is 5.73 Å². The van der Waals surface area contributed by atoms with Gasteiger partial charge in [-0.25, -0.2) is 5.01 Å². The molecule has 0 saturated carbocycles. The van der Waals surface area contributed by atoms with Crippen LogP contribution in [-0.4, -0.2) is 43.8 Å². The van der Waals surface area contributed by atoms with Crippen molar-refractivity contribution in [2.45, 2.75) is 135 Å². The maximum atomic E-state index is 13.0. The highest BCUT2D eigenvalue weighted by Crippen LogP contribution is 2.39. The van der Waals surface area contributed by atoms with Gasteiger partial charge < -0.3 is 21.3 Å². The van der Waals surface area contributed by atoms with Gasteiger partial charge in [0, 0.05) is 22.7 Å². The second-order valence-corrected chi connectivity index (χ2v) is 11.7. The van der Waals surface area contributed by atoms with Crippen LogP contribution in [0, 0.1) is 0 Å². The molecule has 1 atom stereocenters. The predicted molar refractivity (Wildman–Crippen MR) is 140 cm³/mol. The first kappa shape index (κ1) is 29.0. The number of aromatic nitrogens is 1. The highest BCUT2D eigenvalue weighted by Gasteiger charge is 2.44. The lowest BCUT2D eigenvalue weighted by Gasteiger charge is -2.49. The fourth-order valence-electron chi connectivity index (χ4n) is 5.78. The lowest BCUT2D eigenvalue weighted by atomic mass is 9.79. The molecule has 0 spiro atoms. The number of carbonyl (C=O) groups excluding carboxylic acids is 2. The van der Waals surface area contributed by atoms with E-state index in [9.17, 15) is 19.8 Å². The van der Waals surface area contributed by atoms with Gasteiger partial charge in [-0.05, 0) is 52.9 Å². The number of hydrogen-bond donors (Lipinski definition) is 4. The quantitative estimate of drug-likeness (QED) is 0.247. The van der Waals surface area contributed by atoms with Crippen molar-refractivity contribution in [1.29, 1.82) is 0 Å². The summed E-state index contributed by atoms with van der Waals surface area (Å²) in [5.74, 6) is -2.57. The highest BCUT2D eigenvalue weighted by atomic mass is 16.3. The van der Waals surface area contributed by atoms with E-state index in [1.54, 1.807) is 0 Å². The molecule has 1 aliphatic rings. The van der Waals surface area contributed by atoms with E-state index in [1.165, 1.54) is 44.6 Å². The average Bonchev–Trinajstić information content (AvgIpc) is 3.02. The van der Waals surface area contributed by atoms with Crippen molar-refractivity contribution in [3.63, 3.8) is 0 Å². The van der Waals surface area contributed by atoms with E-state index in [0.717, 1.165) is 28.9 Å². The van der Waals surface area contributed by atoms with Crippen LogP contribution in [0.25, 0.3) is 0 Å². The van der Waals surface area contributed by atoms with Crippen molar-refractivity contribution in [1.82, 2.24) is 9.99 Å². The fraction of sp³-hybridized carbons (Fsp3) is 0.778. The molecule has 200 valence electrons. The highest BCUT2D eigenvalue weighted by molar-refractivity contribution is 6.38. The number of unbranched alkanes of at least 4 members (excludes halogenated alkanes) is 7. The molecule has 8 nitrogen and oxygen atoms in total. The molecule has 1 aromatic heterocycles. The number of piperidine rings is 1. The number of nitrogens with two attached hydrogens (primary N) is 1. The molecule has 35 heavy (non-hydrogen) atoms. The Morgan fingerprint density at radius 3 is 2.09 bits per heavy atom. The topological polar surface area (TPSA) is 121 Å². The summed E-state index contributed by atoms with van der Waals surface area (Å²) in [6, 6.07) is 1.06. The van der Waals surface area contributed by atoms with E-state index in [-0.39, 0.29) is 28.8 Å². The van der Waals surface area contributed by atoms with Crippen molar-refractivity contribution in [2.24, 2.45) is 5.73 Å². The normalized spacial score (nSPS) is 18.3. The molecular formula is C27H48N4O4. The Balaban J connectivity index is 2.19. The van der Waals surface area contributed by atoms with E-state index in [1.807, 2.05) is 34.6 Å². The Morgan fingerprint density at radius 1 is 1.06 bits per heavy atom. The molecule has 2 heterocycles. The van der Waals surface area contributed by atoms with Crippen molar-refractivity contribution in [3.8, 4) is 11.8 Å². The number of nitrogens with one attached hydrogen (secondary N) is 1. The van der Waals surface area contributed by atoms with Gasteiger partial charge in [-0.1, -0.05) is 65.2 Å². The van der Waals surface area contributed by atoms with Crippen LogP contribution in [0.5, 0.6) is 11.8 Å². The summed E-state index contributed by atoms with van der Waals surface area (Å²) in [7, 11) is 0. The molecule has 1 fully saturated rings. The standard InChI is InChI=1S/C27H48N4O4/c1-7-8-9-10-11-12-13-14-15-19(2)21-16-22(32)31(24(21)34)30(25(35)23(28)33)20-17-26(3,4)29-27(5,6)18-20/h16,19-20,29,32,34H,7-15,17-18H2,1-6H3,(H2,28,33). The number of hydrogen-bond acceptors (Lipinski definition) is 5. The van der Waals surface area contributed by atoms with Crippen LogP contribution in [0.15, 0.2) is 6.07 Å². The molecule has 1 aliphatic heterocycles. The van der Waals surface area contributed by atoms with E-state index in [0.29, 0.717) is 18.4 Å². The third-order valence-electron chi connectivity index (χ3n) is 7.13. The lowest BCUT2D eigenvalue weighted by molar-refractivity contribution is -0.137. The largest absolute Gasteiger partial charge is 0.493 e. The van der Waals surface area contributed by atoms with Crippen molar-refractivity contribution in [2.75, 3.05) is 5.01 Å². The molecule has 0 radical (unpaired) electrons. The molecule has 2 amide bonds. The van der Waals surface area contributed by atoms with Gasteiger partial charge >= 0.3 is 11.8 Å². The van der Waals surface area contributed by atoms with Crippen LogP contribution in [0.2, 0.25) is 0 Å². The minimum absolute atomic E-state index is 0.00586. The number of aromatic hydroxyl groups is 2. The van der Waals surface area contributed by atoms with Crippen LogP contribution < -0.4 is 16.1 Å². The van der Waals surface area contributed by atoms with E-state index < -0.39 is 17.9 Å². The van der Waals surface area contributed by atoms with Gasteiger partial charge in [-0.3, -0.25) is 9.59 Å². The Kier molecular flexibility index (Phi) is 10.1. The van der Waals surface area contributed by atoms with Gasteiger partial charge in [0.25, 0.3) is 0 Å². The number of nitrogens with zero attached hydrogens (tertiary/aromatic N) is 2. The van der Waals surface area contributed by atoms with Crippen LogP contribution in [0.1, 0.15) is 124 Å². The Morgan fingerprint density at radius 2 is 1.57 bits per heavy atom. The molecular weight excluding hydrogens is 444 g/mol. The molecule has 0 aromatic carbocycles. The Hall–Kier alpha value is -2.22. The molecule has 0 aliphatic carbocycles. The first-order chi connectivity index (χ1) is 16.3. The predicted octanol–water partition coefficient (Wildman–Crippen LogP) is 4.79. The lowest BCUT2D eigenvalue weighted by Crippen LogP contribution is -2.65. The summed E-state index contributed by atoms with van der Waals surface area (Å²) < 4.78 is 1.08. The fourth-order valence-corrected chi connectivity index (χ4v) is 5.78. The zero-order chi connectivity index (χ0) is 26.4. The second kappa shape index (κ2) is 12.2. The molecule has 1 aromatic rings. The summed E-state index contributed by atoms with van der Waals surface area (Å²) in [5.41, 5.74) is 5.31. The van der Waals surface area contributed by atoms with Gasteiger partial charge in [0.15, 0.2) is 0 Å². The maximum absolute atomic E-state index is 13.0. The molecule has 2 rings (SSSR count). The van der Waals surface area contributed by atoms with E-state index >= 15 is 0 Å². The average molecular weight is 493 g/mol. The van der Waals surface area contributed by atoms with Gasteiger partial charge in [0.05, 0.1) is 6.04 Å². The number of amides is 2. The zero-order valence-corrected chi connectivity index (χ0v) is 22.7. The summed E-state index contributed by atoms with van der Waals surface area (Å²) >= 11 is 0. The van der Waals surface area contributed by atoms with Gasteiger partial charge in [0.2, 0.25) is 11.8 Å². The zero-order valence-electron chi connectivity index (χ0n) is 22.7. The Labute approximate surface area is 211 Å². The van der Waals surface area contributed by atoms with Gasteiger partial charge in [0.1, 0.15) is 0 Å². The van der Waals surface area contributed by atoms with Crippen LogP contribution in [0.3, 0.4) is 0 Å². The SMILES string of the molecule is CCCCCCCCCCC(C)c1cc(O)n(N(C(=O)C(N)=O)C2CC(C)(C)NC(C)(C)C2)c1O. The number of carbonyl (C=O) groups is 2. The molecule has 1 unspecified atom stereocenters. The summed E-state index contributed by atoms with van der Waals surface area (Å²) in [6.07, 6.45) is 11.7. The maximum Gasteiger partial charge on any atom is 0.330 e. The van der Waals surface area contributed by atoms with Crippen molar-refractivity contribution < 1.29 is 19.8 Å². The van der Waals surface area contributed by atoms with Gasteiger partial charge in [-0.15, -0.1) is 0 Å². The summed E-state index contributed by atoms with van der Waals surface area (Å²) in [5, 5.41) is 26.6. The summed E-state index contributed by atoms with van der Waals surface area (Å²) in [6.45, 7) is 12.3. The number of rotatable bonds is 12. The molecule has 5 N–H and O–H groups in total. The molecule has 1 saturated heterocycles. The molecule has 8 heteroatoms. The minimum atomic E-state index is -1.12. The third-order valence-corrected chi connectivity index (χ3v) is 7.13. The first-order valence-corrected chi connectivity index (χ1v) is 13.4. The second-order valence-electron chi connectivity index (χ2n) is 11.7. The van der Waals surface area contributed by atoms with Gasteiger partial charge in [-0.2, -0.15) is 4.68 Å². The smallest absolute Gasteiger partial charge is 0.330 e. The van der Waals surface area contributed by atoms with E-state index in [2.05, 4.69) is 12.2 Å².